The van der Waals surface area contributed by atoms with Crippen LogP contribution in [0.15, 0.2) is 66.2 Å². The van der Waals surface area contributed by atoms with E-state index in [0.29, 0.717) is 0 Å². The summed E-state index contributed by atoms with van der Waals surface area (Å²) < 4.78 is 13.3. The Morgan fingerprint density at radius 1 is 0.875 bits per heavy atom. The van der Waals surface area contributed by atoms with E-state index in [1.54, 1.807) is 12.1 Å². The summed E-state index contributed by atoms with van der Waals surface area (Å²) >= 11 is 0. The molecular weight excluding hydrogens is 297 g/mol. The Bertz CT molecular complexity index is 969. The van der Waals surface area contributed by atoms with Crippen molar-refractivity contribution < 1.29 is 4.39 Å². The third-order valence-corrected chi connectivity index (χ3v) is 5.34. The Kier molecular flexibility index (Phi) is 2.99. The third kappa shape index (κ3) is 1.99. The Morgan fingerprint density at radius 3 is 2.58 bits per heavy atom. The first kappa shape index (κ1) is 13.8. The van der Waals surface area contributed by atoms with Crippen LogP contribution in [0.1, 0.15) is 36.4 Å². The van der Waals surface area contributed by atoms with Gasteiger partial charge >= 0.3 is 0 Å². The molecule has 1 heterocycles. The molecule has 0 amide bonds. The number of halogens is 1. The van der Waals surface area contributed by atoms with Gasteiger partial charge in [0, 0.05) is 11.3 Å². The second-order valence-electron chi connectivity index (χ2n) is 6.70. The Morgan fingerprint density at radius 2 is 1.71 bits per heavy atom. The maximum atomic E-state index is 13.3. The molecule has 1 aliphatic carbocycles. The predicted molar refractivity (Wildman–Crippen MR) is 97.5 cm³/mol. The molecule has 0 unspecified atom stereocenters. The van der Waals surface area contributed by atoms with Crippen LogP contribution >= 0.6 is 0 Å². The number of benzene rings is 3. The lowest BCUT2D eigenvalue weighted by molar-refractivity contribution is 0.626. The number of allylic oxidation sites excluding steroid dienone is 1. The van der Waals surface area contributed by atoms with Crippen LogP contribution in [0.3, 0.4) is 0 Å². The van der Waals surface area contributed by atoms with E-state index in [1.165, 1.54) is 39.6 Å². The predicted octanol–water partition coefficient (Wildman–Crippen LogP) is 6.08. The summed E-state index contributed by atoms with van der Waals surface area (Å²) in [7, 11) is 0. The van der Waals surface area contributed by atoms with E-state index in [-0.39, 0.29) is 11.9 Å². The van der Waals surface area contributed by atoms with E-state index in [2.05, 4.69) is 41.7 Å². The molecule has 1 nitrogen and oxygen atoms in total. The smallest absolute Gasteiger partial charge is 0.123 e. The lowest BCUT2D eigenvalue weighted by Gasteiger charge is -2.31. The fraction of sp³-hybridized carbons (Fsp3) is 0.182. The van der Waals surface area contributed by atoms with Crippen LogP contribution in [0, 0.1) is 5.82 Å². The van der Waals surface area contributed by atoms with Crippen molar-refractivity contribution in [2.45, 2.75) is 25.3 Å². The summed E-state index contributed by atoms with van der Waals surface area (Å²) in [6.07, 6.45) is 3.45. The zero-order valence-corrected chi connectivity index (χ0v) is 13.4. The number of hydrogen-bond acceptors (Lipinski definition) is 1. The van der Waals surface area contributed by atoms with Crippen molar-refractivity contribution in [2.75, 3.05) is 5.32 Å². The first-order valence-corrected chi connectivity index (χ1v) is 8.57. The first-order chi connectivity index (χ1) is 11.8. The summed E-state index contributed by atoms with van der Waals surface area (Å²) in [6.45, 7) is 0. The Hall–Kier alpha value is -2.61. The van der Waals surface area contributed by atoms with Crippen molar-refractivity contribution in [2.24, 2.45) is 0 Å². The quantitative estimate of drug-likeness (QED) is 0.573. The number of hydrogen-bond donors (Lipinski definition) is 1. The third-order valence-electron chi connectivity index (χ3n) is 5.34. The highest BCUT2D eigenvalue weighted by Crippen LogP contribution is 2.50. The fourth-order valence-corrected chi connectivity index (χ4v) is 4.27. The second-order valence-corrected chi connectivity index (χ2v) is 6.70. The van der Waals surface area contributed by atoms with Gasteiger partial charge in [-0.3, -0.25) is 0 Å². The molecule has 24 heavy (non-hydrogen) atoms. The van der Waals surface area contributed by atoms with E-state index < -0.39 is 0 Å². The van der Waals surface area contributed by atoms with Crippen molar-refractivity contribution in [3.63, 3.8) is 0 Å². The highest BCUT2D eigenvalue weighted by atomic mass is 19.1. The summed E-state index contributed by atoms with van der Waals surface area (Å²) in [5, 5.41) is 6.33. The molecule has 0 saturated carbocycles. The van der Waals surface area contributed by atoms with Gasteiger partial charge in [-0.2, -0.15) is 0 Å². The van der Waals surface area contributed by atoms with Gasteiger partial charge < -0.3 is 5.32 Å². The van der Waals surface area contributed by atoms with Gasteiger partial charge in [0.25, 0.3) is 0 Å². The second kappa shape index (κ2) is 5.20. The van der Waals surface area contributed by atoms with Crippen molar-refractivity contribution in [1.82, 2.24) is 0 Å². The number of nitrogens with one attached hydrogen (secondary N) is 1. The molecule has 3 aromatic carbocycles. The molecule has 0 fully saturated rings. The van der Waals surface area contributed by atoms with E-state index in [0.717, 1.165) is 18.4 Å². The molecule has 5 rings (SSSR count). The molecule has 0 spiro atoms. The van der Waals surface area contributed by atoms with Crippen LogP contribution < -0.4 is 5.32 Å². The summed E-state index contributed by atoms with van der Waals surface area (Å²) in [6, 6.07) is 20.1. The van der Waals surface area contributed by atoms with Crippen molar-refractivity contribution in [3.05, 3.63) is 83.2 Å². The minimum atomic E-state index is -0.179. The maximum Gasteiger partial charge on any atom is 0.123 e. The molecule has 0 aromatic heterocycles. The van der Waals surface area contributed by atoms with Crippen molar-refractivity contribution in [1.29, 1.82) is 0 Å². The topological polar surface area (TPSA) is 12.0 Å². The van der Waals surface area contributed by atoms with Gasteiger partial charge in [0.05, 0.1) is 6.04 Å². The van der Waals surface area contributed by atoms with E-state index >= 15 is 0 Å². The Labute approximate surface area is 140 Å². The SMILES string of the molecule is Fc1ccc([C@H]2Nc3ccc4ccccc4c3C3=C2CCC3)cc1. The van der Waals surface area contributed by atoms with Gasteiger partial charge in [0.15, 0.2) is 0 Å². The minimum absolute atomic E-state index is 0.164. The summed E-state index contributed by atoms with van der Waals surface area (Å²) in [4.78, 5) is 0. The van der Waals surface area contributed by atoms with Gasteiger partial charge in [-0.25, -0.2) is 4.39 Å². The molecule has 118 valence electrons. The van der Waals surface area contributed by atoms with Crippen LogP contribution in [-0.4, -0.2) is 0 Å². The standard InChI is InChI=1S/C22H18FN/c23-16-11-8-15(9-12-16)22-19-7-3-6-18(19)21-17-5-2-1-4-14(17)10-13-20(21)24-22/h1-2,4-5,8-13,22,24H,3,6-7H2/t22-/m1/s1. The Balaban J connectivity index is 1.72. The number of anilines is 1. The fourth-order valence-electron chi connectivity index (χ4n) is 4.27. The van der Waals surface area contributed by atoms with Gasteiger partial charge in [-0.15, -0.1) is 0 Å². The number of fused-ring (bicyclic) bond motifs is 4. The summed E-state index contributed by atoms with van der Waals surface area (Å²) in [5.74, 6) is -0.179. The van der Waals surface area contributed by atoms with Gasteiger partial charge in [0.1, 0.15) is 5.82 Å². The molecule has 1 N–H and O–H groups in total. The van der Waals surface area contributed by atoms with Crippen LogP contribution in [0.2, 0.25) is 0 Å². The van der Waals surface area contributed by atoms with E-state index in [9.17, 15) is 4.39 Å². The molecule has 2 aliphatic rings. The van der Waals surface area contributed by atoms with Crippen molar-refractivity contribution >= 4 is 22.0 Å². The molecule has 0 bridgehead atoms. The maximum absolute atomic E-state index is 13.3. The highest BCUT2D eigenvalue weighted by Gasteiger charge is 2.31. The molecule has 2 heteroatoms. The van der Waals surface area contributed by atoms with Crippen LogP contribution in [-0.2, 0) is 0 Å². The monoisotopic (exact) mass is 315 g/mol. The van der Waals surface area contributed by atoms with Gasteiger partial charge in [-0.05, 0) is 64.9 Å². The van der Waals surface area contributed by atoms with Gasteiger partial charge in [0.2, 0.25) is 0 Å². The molecule has 1 atom stereocenters. The average Bonchev–Trinajstić information content (AvgIpc) is 3.11. The van der Waals surface area contributed by atoms with Crippen LogP contribution in [0.25, 0.3) is 16.3 Å². The highest BCUT2D eigenvalue weighted by molar-refractivity contribution is 6.01. The number of rotatable bonds is 1. The normalized spacial score (nSPS) is 19.1. The first-order valence-electron chi connectivity index (χ1n) is 8.57. The van der Waals surface area contributed by atoms with Crippen LogP contribution in [0.5, 0.6) is 0 Å². The molecular formula is C22H18FN. The molecule has 0 radical (unpaired) electrons. The largest absolute Gasteiger partial charge is 0.374 e. The molecule has 3 aromatic rings. The van der Waals surface area contributed by atoms with Gasteiger partial charge in [-0.1, -0.05) is 42.5 Å². The molecule has 0 saturated heterocycles. The molecule has 1 aliphatic heterocycles. The lowest BCUT2D eigenvalue weighted by atomic mass is 9.86. The minimum Gasteiger partial charge on any atom is -0.374 e. The van der Waals surface area contributed by atoms with E-state index in [4.69, 9.17) is 0 Å². The zero-order valence-electron chi connectivity index (χ0n) is 13.4. The average molecular weight is 315 g/mol. The van der Waals surface area contributed by atoms with Crippen molar-refractivity contribution in [3.8, 4) is 0 Å². The summed E-state index contributed by atoms with van der Waals surface area (Å²) in [5.41, 5.74) is 6.69. The lowest BCUT2D eigenvalue weighted by Crippen LogP contribution is -2.18. The van der Waals surface area contributed by atoms with Crippen LogP contribution in [0.4, 0.5) is 10.1 Å². The van der Waals surface area contributed by atoms with E-state index in [1.807, 2.05) is 12.1 Å². The zero-order chi connectivity index (χ0) is 16.1.